The summed E-state index contributed by atoms with van der Waals surface area (Å²) in [5, 5.41) is 4.95. The highest BCUT2D eigenvalue weighted by atomic mass is 35.5. The van der Waals surface area contributed by atoms with Crippen molar-refractivity contribution in [3.05, 3.63) is 22.4 Å². The van der Waals surface area contributed by atoms with Gasteiger partial charge in [-0.1, -0.05) is 11.6 Å². The average Bonchev–Trinajstić information content (AvgIpc) is 3.52. The maximum Gasteiger partial charge on any atom is 0.410 e. The largest absolute Gasteiger partial charge is 0.444 e. The van der Waals surface area contributed by atoms with Gasteiger partial charge in [0.25, 0.3) is 0 Å². The van der Waals surface area contributed by atoms with Crippen molar-refractivity contribution in [1.82, 2.24) is 19.7 Å². The van der Waals surface area contributed by atoms with Gasteiger partial charge in [0.1, 0.15) is 16.8 Å². The van der Waals surface area contributed by atoms with Gasteiger partial charge in [-0.15, -0.1) is 0 Å². The minimum absolute atomic E-state index is 0.0756. The molecular weight excluding hydrogens is 411 g/mol. The van der Waals surface area contributed by atoms with Crippen molar-refractivity contribution in [3.63, 3.8) is 0 Å². The van der Waals surface area contributed by atoms with Crippen LogP contribution >= 0.6 is 11.6 Å². The summed E-state index contributed by atoms with van der Waals surface area (Å²) in [6.07, 6.45) is 1.54. The summed E-state index contributed by atoms with van der Waals surface area (Å²) in [6, 6.07) is 0.130. The molecule has 2 aromatic heterocycles. The van der Waals surface area contributed by atoms with Crippen LogP contribution in [-0.2, 0) is 4.74 Å². The van der Waals surface area contributed by atoms with E-state index in [0.29, 0.717) is 24.2 Å². The summed E-state index contributed by atoms with van der Waals surface area (Å²) in [7, 11) is 0. The number of fused-ring (bicyclic) bond motifs is 2. The SMILES string of the molecule is CC(=O)c1nc(Cl)c(F)c2c1c(C1C3CN(C(=O)OC(C)(C)C)CC31)nn2C1CC1. The summed E-state index contributed by atoms with van der Waals surface area (Å²) in [5.41, 5.74) is 0.629. The van der Waals surface area contributed by atoms with Crippen molar-refractivity contribution < 1.29 is 18.7 Å². The first-order valence-electron chi connectivity index (χ1n) is 10.3. The average molecular weight is 435 g/mol. The van der Waals surface area contributed by atoms with Crippen molar-refractivity contribution in [2.75, 3.05) is 13.1 Å². The van der Waals surface area contributed by atoms with Crippen LogP contribution in [0, 0.1) is 17.7 Å². The Morgan fingerprint density at radius 3 is 2.37 bits per heavy atom. The van der Waals surface area contributed by atoms with Crippen molar-refractivity contribution in [2.24, 2.45) is 11.8 Å². The van der Waals surface area contributed by atoms with Crippen LogP contribution in [0.15, 0.2) is 0 Å². The number of halogens is 2. The summed E-state index contributed by atoms with van der Waals surface area (Å²) in [6.45, 7) is 8.08. The molecule has 30 heavy (non-hydrogen) atoms. The number of ketones is 1. The summed E-state index contributed by atoms with van der Waals surface area (Å²) in [4.78, 5) is 30.4. The normalized spacial score (nSPS) is 25.5. The molecule has 1 aliphatic heterocycles. The van der Waals surface area contributed by atoms with Crippen LogP contribution in [-0.4, -0.2) is 50.2 Å². The molecule has 3 aliphatic rings. The molecule has 0 aromatic carbocycles. The van der Waals surface area contributed by atoms with Gasteiger partial charge < -0.3 is 9.64 Å². The van der Waals surface area contributed by atoms with E-state index in [1.165, 1.54) is 6.92 Å². The Labute approximate surface area is 178 Å². The molecule has 2 aliphatic carbocycles. The molecule has 2 aromatic rings. The van der Waals surface area contributed by atoms with Gasteiger partial charge in [-0.05, 0) is 45.4 Å². The number of carbonyl (C=O) groups excluding carboxylic acids is 2. The second kappa shape index (κ2) is 6.39. The van der Waals surface area contributed by atoms with E-state index in [1.807, 2.05) is 20.8 Å². The number of aromatic nitrogens is 3. The molecule has 2 unspecified atom stereocenters. The van der Waals surface area contributed by atoms with E-state index in [4.69, 9.17) is 21.4 Å². The van der Waals surface area contributed by atoms with Gasteiger partial charge in [0, 0.05) is 25.9 Å². The smallest absolute Gasteiger partial charge is 0.410 e. The third-order valence-electron chi connectivity index (χ3n) is 6.16. The van der Waals surface area contributed by atoms with Crippen LogP contribution in [0.2, 0.25) is 5.15 Å². The highest BCUT2D eigenvalue weighted by Gasteiger charge is 2.59. The van der Waals surface area contributed by atoms with E-state index in [-0.39, 0.29) is 52.0 Å². The van der Waals surface area contributed by atoms with E-state index in [9.17, 15) is 14.0 Å². The fraction of sp³-hybridized carbons (Fsp3) is 0.619. The molecule has 3 heterocycles. The van der Waals surface area contributed by atoms with Crippen molar-refractivity contribution in [1.29, 1.82) is 0 Å². The van der Waals surface area contributed by atoms with E-state index in [2.05, 4.69) is 4.98 Å². The number of nitrogens with zero attached hydrogens (tertiary/aromatic N) is 4. The van der Waals surface area contributed by atoms with Crippen LogP contribution in [0.25, 0.3) is 10.9 Å². The predicted octanol–water partition coefficient (Wildman–Crippen LogP) is 4.34. The Morgan fingerprint density at radius 1 is 1.20 bits per heavy atom. The Kier molecular flexibility index (Phi) is 4.20. The summed E-state index contributed by atoms with van der Waals surface area (Å²) < 4.78 is 22.1. The zero-order chi connectivity index (χ0) is 21.5. The number of hydrogen-bond acceptors (Lipinski definition) is 5. The number of piperidine rings is 1. The van der Waals surface area contributed by atoms with Crippen LogP contribution in [0.3, 0.4) is 0 Å². The van der Waals surface area contributed by atoms with Crippen molar-refractivity contribution in [3.8, 4) is 0 Å². The van der Waals surface area contributed by atoms with Crippen molar-refractivity contribution in [2.45, 2.75) is 58.1 Å². The second-order valence-corrected chi connectivity index (χ2v) is 10.0. The molecule has 0 N–H and O–H groups in total. The highest BCUT2D eigenvalue weighted by Crippen LogP contribution is 2.59. The first-order chi connectivity index (χ1) is 14.1. The van der Waals surface area contributed by atoms with Crippen LogP contribution < -0.4 is 0 Å². The number of carbonyl (C=O) groups is 2. The molecule has 9 heteroatoms. The molecule has 2 saturated carbocycles. The molecule has 160 valence electrons. The molecular formula is C21H24ClFN4O3. The lowest BCUT2D eigenvalue weighted by Crippen LogP contribution is -2.36. The lowest BCUT2D eigenvalue weighted by molar-refractivity contribution is 0.0270. The standard InChI is InChI=1S/C21H24ClFN4O3/c1-9(28)16-14-17(25-27(10-5-6-10)18(14)15(23)19(22)24-16)13-11-7-26(8-12(11)13)20(29)30-21(2,3)4/h10-13H,5-8H2,1-4H3. The van der Waals surface area contributed by atoms with Gasteiger partial charge in [-0.25, -0.2) is 14.2 Å². The van der Waals surface area contributed by atoms with E-state index < -0.39 is 11.4 Å². The summed E-state index contributed by atoms with van der Waals surface area (Å²) in [5.74, 6) is -0.363. The first kappa shape index (κ1) is 19.7. The quantitative estimate of drug-likeness (QED) is 0.530. The Bertz CT molecular complexity index is 1080. The zero-order valence-corrected chi connectivity index (χ0v) is 18.2. The number of hydrogen-bond donors (Lipinski definition) is 0. The molecule has 3 fully saturated rings. The van der Waals surface area contributed by atoms with Crippen LogP contribution in [0.1, 0.15) is 68.7 Å². The van der Waals surface area contributed by atoms with Gasteiger partial charge in [-0.3, -0.25) is 9.48 Å². The zero-order valence-electron chi connectivity index (χ0n) is 17.4. The number of pyridine rings is 1. The lowest BCUT2D eigenvalue weighted by atomic mass is 10.1. The monoisotopic (exact) mass is 434 g/mol. The van der Waals surface area contributed by atoms with Crippen LogP contribution in [0.4, 0.5) is 9.18 Å². The van der Waals surface area contributed by atoms with Gasteiger partial charge >= 0.3 is 6.09 Å². The molecule has 5 rings (SSSR count). The van der Waals surface area contributed by atoms with E-state index >= 15 is 0 Å². The predicted molar refractivity (Wildman–Crippen MR) is 108 cm³/mol. The second-order valence-electron chi connectivity index (χ2n) is 9.64. The number of rotatable bonds is 3. The van der Waals surface area contributed by atoms with Crippen molar-refractivity contribution >= 4 is 34.4 Å². The van der Waals surface area contributed by atoms with Gasteiger partial charge in [-0.2, -0.15) is 5.10 Å². The number of ether oxygens (including phenoxy) is 1. The minimum atomic E-state index is -0.622. The Morgan fingerprint density at radius 2 is 1.83 bits per heavy atom. The minimum Gasteiger partial charge on any atom is -0.444 e. The molecule has 0 spiro atoms. The van der Waals surface area contributed by atoms with Crippen LogP contribution in [0.5, 0.6) is 0 Å². The van der Waals surface area contributed by atoms with Gasteiger partial charge in [0.15, 0.2) is 16.8 Å². The van der Waals surface area contributed by atoms with E-state index in [0.717, 1.165) is 12.8 Å². The highest BCUT2D eigenvalue weighted by molar-refractivity contribution is 6.30. The maximum absolute atomic E-state index is 15.0. The van der Waals surface area contributed by atoms with Gasteiger partial charge in [0.2, 0.25) is 0 Å². The first-order valence-corrected chi connectivity index (χ1v) is 10.7. The van der Waals surface area contributed by atoms with Gasteiger partial charge in [0.05, 0.1) is 17.1 Å². The van der Waals surface area contributed by atoms with E-state index in [1.54, 1.807) is 9.58 Å². The molecule has 1 saturated heterocycles. The molecule has 0 bridgehead atoms. The molecule has 2 atom stereocenters. The lowest BCUT2D eigenvalue weighted by Gasteiger charge is -2.25. The topological polar surface area (TPSA) is 77.3 Å². The third kappa shape index (κ3) is 3.07. The molecule has 7 nitrogen and oxygen atoms in total. The Hall–Kier alpha value is -2.22. The molecule has 1 amide bonds. The summed E-state index contributed by atoms with van der Waals surface area (Å²) >= 11 is 6.00. The Balaban J connectivity index is 1.49. The maximum atomic E-state index is 15.0. The fourth-order valence-electron chi connectivity index (χ4n) is 4.68. The fourth-order valence-corrected chi connectivity index (χ4v) is 4.85. The molecule has 0 radical (unpaired) electrons. The number of amides is 1. The number of likely N-dealkylation sites (tertiary alicyclic amines) is 1. The number of Topliss-reactive ketones (excluding diaryl/α,β-unsaturated/α-hetero) is 1. The third-order valence-corrected chi connectivity index (χ3v) is 6.41.